The Morgan fingerprint density at radius 3 is 2.58 bits per heavy atom. The highest BCUT2D eigenvalue weighted by Crippen LogP contribution is 2.36. The first-order valence-corrected chi connectivity index (χ1v) is 10.1. The first-order chi connectivity index (χ1) is 15.0. The summed E-state index contributed by atoms with van der Waals surface area (Å²) in [4.78, 5) is 19.5. The Morgan fingerprint density at radius 2 is 1.84 bits per heavy atom. The van der Waals surface area contributed by atoms with Gasteiger partial charge >= 0.3 is 0 Å². The Labute approximate surface area is 184 Å². The molecule has 0 bridgehead atoms. The zero-order valence-electron chi connectivity index (χ0n) is 17.4. The van der Waals surface area contributed by atoms with Crippen molar-refractivity contribution < 1.29 is 23.5 Å². The number of likely N-dealkylation sites (tertiary alicyclic amines) is 1. The summed E-state index contributed by atoms with van der Waals surface area (Å²) >= 11 is 6.03. The van der Waals surface area contributed by atoms with Crippen LogP contribution < -0.4 is 14.2 Å². The van der Waals surface area contributed by atoms with Crippen LogP contribution in [0.2, 0.25) is 5.02 Å². The quantitative estimate of drug-likeness (QED) is 0.558. The van der Waals surface area contributed by atoms with Gasteiger partial charge in [-0.25, -0.2) is 0 Å². The summed E-state index contributed by atoms with van der Waals surface area (Å²) in [6.45, 7) is 0.587. The van der Waals surface area contributed by atoms with Gasteiger partial charge in [-0.15, -0.1) is 0 Å². The molecule has 0 aliphatic carbocycles. The van der Waals surface area contributed by atoms with Crippen molar-refractivity contribution in [1.82, 2.24) is 15.0 Å². The number of carbonyl (C=O) groups is 1. The first kappa shape index (κ1) is 21.0. The van der Waals surface area contributed by atoms with Crippen molar-refractivity contribution in [2.75, 3.05) is 27.9 Å². The van der Waals surface area contributed by atoms with Gasteiger partial charge in [0.05, 0.1) is 26.9 Å². The van der Waals surface area contributed by atoms with E-state index in [1.165, 1.54) is 7.11 Å². The second-order valence-corrected chi connectivity index (χ2v) is 7.46. The maximum absolute atomic E-state index is 13.2. The summed E-state index contributed by atoms with van der Waals surface area (Å²) < 4.78 is 21.5. The van der Waals surface area contributed by atoms with Crippen LogP contribution in [0.3, 0.4) is 0 Å². The molecule has 0 spiro atoms. The van der Waals surface area contributed by atoms with E-state index in [9.17, 15) is 4.79 Å². The molecule has 1 aliphatic heterocycles. The molecule has 8 nitrogen and oxygen atoms in total. The smallest absolute Gasteiger partial charge is 0.258 e. The second kappa shape index (κ2) is 8.85. The van der Waals surface area contributed by atoms with Crippen LogP contribution >= 0.6 is 11.6 Å². The number of carbonyl (C=O) groups excluding carboxylic acids is 1. The average Bonchev–Trinajstić information content (AvgIpc) is 3.47. The molecule has 0 unspecified atom stereocenters. The van der Waals surface area contributed by atoms with Crippen molar-refractivity contribution in [2.24, 2.45) is 0 Å². The van der Waals surface area contributed by atoms with Gasteiger partial charge in [-0.1, -0.05) is 16.8 Å². The van der Waals surface area contributed by atoms with Crippen molar-refractivity contribution in [1.29, 1.82) is 0 Å². The molecule has 1 fully saturated rings. The molecular weight excluding hydrogens is 422 g/mol. The van der Waals surface area contributed by atoms with Crippen LogP contribution in [0.25, 0.3) is 11.4 Å². The van der Waals surface area contributed by atoms with Gasteiger partial charge in [0.2, 0.25) is 11.7 Å². The third kappa shape index (κ3) is 4.03. The summed E-state index contributed by atoms with van der Waals surface area (Å²) in [6.07, 6.45) is 1.57. The molecule has 0 N–H and O–H groups in total. The predicted octanol–water partition coefficient (Wildman–Crippen LogP) is 4.39. The first-order valence-electron chi connectivity index (χ1n) is 9.76. The number of hydrogen-bond donors (Lipinski definition) is 0. The number of nitrogens with zero attached hydrogens (tertiary/aromatic N) is 3. The molecule has 2 aromatic carbocycles. The van der Waals surface area contributed by atoms with Crippen LogP contribution in [0.15, 0.2) is 40.9 Å². The Bertz CT molecular complexity index is 1100. The lowest BCUT2D eigenvalue weighted by Gasteiger charge is -2.22. The highest BCUT2D eigenvalue weighted by molar-refractivity contribution is 6.30. The molecular formula is C22H22ClN3O5. The molecule has 9 heteroatoms. The van der Waals surface area contributed by atoms with E-state index in [0.29, 0.717) is 46.1 Å². The highest BCUT2D eigenvalue weighted by Gasteiger charge is 2.35. The summed E-state index contributed by atoms with van der Waals surface area (Å²) in [5.41, 5.74) is 1.17. The van der Waals surface area contributed by atoms with Crippen LogP contribution in [-0.2, 0) is 0 Å². The lowest BCUT2D eigenvalue weighted by atomic mass is 10.1. The van der Waals surface area contributed by atoms with Gasteiger partial charge in [-0.05, 0) is 49.2 Å². The summed E-state index contributed by atoms with van der Waals surface area (Å²) in [5, 5.41) is 4.61. The van der Waals surface area contributed by atoms with E-state index in [0.717, 1.165) is 18.4 Å². The highest BCUT2D eigenvalue weighted by atomic mass is 35.5. The maximum Gasteiger partial charge on any atom is 0.258 e. The summed E-state index contributed by atoms with van der Waals surface area (Å²) in [7, 11) is 4.65. The van der Waals surface area contributed by atoms with Gasteiger partial charge in [0, 0.05) is 17.1 Å². The number of benzene rings is 2. The molecule has 1 aliphatic rings. The van der Waals surface area contributed by atoms with Gasteiger partial charge in [-0.2, -0.15) is 4.98 Å². The standard InChI is InChI=1S/C22H22ClN3O5/c1-28-17-9-6-13(11-19(17)30-3)20-24-21(31-25-20)16-5-4-10-26(16)22(27)15-8-7-14(23)12-18(15)29-2/h6-9,11-12,16H,4-5,10H2,1-3H3/t16-/m1/s1. The fraction of sp³-hybridized carbons (Fsp3) is 0.318. The van der Waals surface area contributed by atoms with E-state index < -0.39 is 0 Å². The SMILES string of the molecule is COc1ccc(-c2noc([C@H]3CCCN3C(=O)c3ccc(Cl)cc3OC)n2)cc1OC. The maximum atomic E-state index is 13.2. The molecule has 1 atom stereocenters. The minimum atomic E-state index is -0.311. The van der Waals surface area contributed by atoms with Crippen LogP contribution in [0.4, 0.5) is 0 Å². The molecule has 3 aromatic rings. The topological polar surface area (TPSA) is 86.9 Å². The summed E-state index contributed by atoms with van der Waals surface area (Å²) in [6, 6.07) is 10.0. The van der Waals surface area contributed by atoms with Crippen LogP contribution in [-0.4, -0.2) is 48.8 Å². The van der Waals surface area contributed by atoms with E-state index >= 15 is 0 Å². The van der Waals surface area contributed by atoms with Crippen molar-refractivity contribution in [2.45, 2.75) is 18.9 Å². The Balaban J connectivity index is 1.61. The number of ether oxygens (including phenoxy) is 3. The van der Waals surface area contributed by atoms with Crippen molar-refractivity contribution in [3.63, 3.8) is 0 Å². The number of rotatable bonds is 6. The van der Waals surface area contributed by atoms with Crippen molar-refractivity contribution in [3.05, 3.63) is 52.9 Å². The molecule has 1 saturated heterocycles. The van der Waals surface area contributed by atoms with E-state index in [1.54, 1.807) is 49.5 Å². The number of halogens is 1. The molecule has 2 heterocycles. The number of aromatic nitrogens is 2. The third-order valence-corrected chi connectivity index (χ3v) is 5.51. The Kier molecular flexibility index (Phi) is 5.99. The zero-order chi connectivity index (χ0) is 22.0. The molecule has 162 valence electrons. The largest absolute Gasteiger partial charge is 0.496 e. The van der Waals surface area contributed by atoms with E-state index in [4.69, 9.17) is 30.3 Å². The fourth-order valence-electron chi connectivity index (χ4n) is 3.73. The zero-order valence-corrected chi connectivity index (χ0v) is 18.2. The second-order valence-electron chi connectivity index (χ2n) is 7.03. The monoisotopic (exact) mass is 443 g/mol. The molecule has 0 radical (unpaired) electrons. The normalized spacial score (nSPS) is 15.7. The number of methoxy groups -OCH3 is 3. The Morgan fingerprint density at radius 1 is 1.06 bits per heavy atom. The van der Waals surface area contributed by atoms with E-state index in [2.05, 4.69) is 10.1 Å². The molecule has 1 amide bonds. The molecule has 1 aromatic heterocycles. The molecule has 31 heavy (non-hydrogen) atoms. The van der Waals surface area contributed by atoms with Gasteiger partial charge in [-0.3, -0.25) is 4.79 Å². The van der Waals surface area contributed by atoms with E-state index in [-0.39, 0.29) is 11.9 Å². The number of hydrogen-bond acceptors (Lipinski definition) is 7. The van der Waals surface area contributed by atoms with Crippen molar-refractivity contribution >= 4 is 17.5 Å². The minimum Gasteiger partial charge on any atom is -0.496 e. The lowest BCUT2D eigenvalue weighted by molar-refractivity contribution is 0.0706. The molecule has 4 rings (SSSR count). The minimum absolute atomic E-state index is 0.165. The Hall–Kier alpha value is -3.26. The van der Waals surface area contributed by atoms with Crippen LogP contribution in [0.1, 0.15) is 35.1 Å². The summed E-state index contributed by atoms with van der Waals surface area (Å²) in [5.74, 6) is 2.25. The van der Waals surface area contributed by atoms with Gasteiger partial charge in [0.25, 0.3) is 5.91 Å². The van der Waals surface area contributed by atoms with Gasteiger partial charge in [0.15, 0.2) is 11.5 Å². The fourth-order valence-corrected chi connectivity index (χ4v) is 3.89. The predicted molar refractivity (Wildman–Crippen MR) is 114 cm³/mol. The van der Waals surface area contributed by atoms with Crippen LogP contribution in [0.5, 0.6) is 17.2 Å². The average molecular weight is 444 g/mol. The van der Waals surface area contributed by atoms with Gasteiger partial charge in [0.1, 0.15) is 11.8 Å². The van der Waals surface area contributed by atoms with Crippen LogP contribution in [0, 0.1) is 0 Å². The van der Waals surface area contributed by atoms with Gasteiger partial charge < -0.3 is 23.6 Å². The lowest BCUT2D eigenvalue weighted by Crippen LogP contribution is -2.31. The van der Waals surface area contributed by atoms with Crippen molar-refractivity contribution in [3.8, 4) is 28.6 Å². The molecule has 0 saturated carbocycles. The third-order valence-electron chi connectivity index (χ3n) is 5.28. The van der Waals surface area contributed by atoms with E-state index in [1.807, 2.05) is 6.07 Å². The number of amides is 1.